The molecule has 3 rings (SSSR count). The molecular formula is C20H22F3N5O3. The number of alkyl halides is 2. The number of anilines is 1. The first kappa shape index (κ1) is 22.3. The average Bonchev–Trinajstić information content (AvgIpc) is 2.71. The first-order valence-corrected chi connectivity index (χ1v) is 9.39. The number of aryl methyl sites for hydroxylation is 1. The summed E-state index contributed by atoms with van der Waals surface area (Å²) in [6.45, 7) is 4.60. The van der Waals surface area contributed by atoms with E-state index in [0.29, 0.717) is 5.69 Å². The van der Waals surface area contributed by atoms with Crippen LogP contribution in [-0.4, -0.2) is 41.5 Å². The predicted octanol–water partition coefficient (Wildman–Crippen LogP) is 3.01. The van der Waals surface area contributed by atoms with Gasteiger partial charge in [-0.05, 0) is 32.0 Å². The predicted molar refractivity (Wildman–Crippen MR) is 107 cm³/mol. The van der Waals surface area contributed by atoms with Crippen LogP contribution in [-0.2, 0) is 10.3 Å². The van der Waals surface area contributed by atoms with Crippen LogP contribution >= 0.6 is 0 Å². The van der Waals surface area contributed by atoms with Gasteiger partial charge in [0.05, 0.1) is 19.0 Å². The maximum atomic E-state index is 14.8. The second-order valence-corrected chi connectivity index (χ2v) is 7.18. The third-order valence-electron chi connectivity index (χ3n) is 5.34. The van der Waals surface area contributed by atoms with Gasteiger partial charge in [0, 0.05) is 17.2 Å². The molecule has 3 N–H and O–H groups in total. The number of aliphatic imine (C=N–C) groups is 1. The summed E-state index contributed by atoms with van der Waals surface area (Å²) in [4.78, 5) is 24.5. The number of carbonyl (C=O) groups is 1. The summed E-state index contributed by atoms with van der Waals surface area (Å²) in [5.41, 5.74) is 3.31. The highest BCUT2D eigenvalue weighted by atomic mass is 19.3. The summed E-state index contributed by atoms with van der Waals surface area (Å²) < 4.78 is 53.6. The number of ether oxygens (including phenoxy) is 2. The second-order valence-electron chi connectivity index (χ2n) is 7.18. The quantitative estimate of drug-likeness (QED) is 0.744. The van der Waals surface area contributed by atoms with Crippen LogP contribution in [0.4, 0.5) is 18.9 Å². The van der Waals surface area contributed by atoms with Gasteiger partial charge in [0.15, 0.2) is 5.54 Å². The van der Waals surface area contributed by atoms with Crippen molar-refractivity contribution < 1.29 is 27.4 Å². The van der Waals surface area contributed by atoms with E-state index in [-0.39, 0.29) is 17.3 Å². The van der Waals surface area contributed by atoms with Crippen LogP contribution in [0.3, 0.4) is 0 Å². The highest BCUT2D eigenvalue weighted by Crippen LogP contribution is 2.45. The summed E-state index contributed by atoms with van der Waals surface area (Å²) in [6.07, 6.45) is -2.55. The van der Waals surface area contributed by atoms with E-state index in [4.69, 9.17) is 15.2 Å². The molecule has 2 aromatic rings. The smallest absolute Gasteiger partial charge is 0.283 e. The van der Waals surface area contributed by atoms with Gasteiger partial charge in [0.25, 0.3) is 18.4 Å². The molecule has 0 fully saturated rings. The lowest BCUT2D eigenvalue weighted by molar-refractivity contribution is -0.0363. The zero-order valence-electron chi connectivity index (χ0n) is 17.3. The Bertz CT molecular complexity index is 1030. The molecule has 0 bridgehead atoms. The number of nitrogens with one attached hydrogen (secondary N) is 1. The molecule has 31 heavy (non-hydrogen) atoms. The lowest BCUT2D eigenvalue weighted by Crippen LogP contribution is -2.51. The van der Waals surface area contributed by atoms with Crippen molar-refractivity contribution in [2.75, 3.05) is 12.4 Å². The molecule has 0 saturated carbocycles. The monoisotopic (exact) mass is 437 g/mol. The van der Waals surface area contributed by atoms with Gasteiger partial charge in [-0.2, -0.15) is 0 Å². The minimum Gasteiger partial charge on any atom is -0.480 e. The summed E-state index contributed by atoms with van der Waals surface area (Å²) in [6, 6.07) is 2.91. The van der Waals surface area contributed by atoms with E-state index in [1.807, 2.05) is 0 Å². The average molecular weight is 437 g/mol. The van der Waals surface area contributed by atoms with Crippen LogP contribution in [0.1, 0.15) is 35.6 Å². The molecule has 1 aromatic carbocycles. The Morgan fingerprint density at radius 1 is 1.35 bits per heavy atom. The van der Waals surface area contributed by atoms with Gasteiger partial charge in [-0.1, -0.05) is 6.92 Å². The molecule has 1 amide bonds. The molecule has 3 atom stereocenters. The first-order valence-electron chi connectivity index (χ1n) is 9.39. The Labute approximate surface area is 176 Å². The highest BCUT2D eigenvalue weighted by molar-refractivity contribution is 6.03. The summed E-state index contributed by atoms with van der Waals surface area (Å²) in [7, 11) is 1.41. The van der Waals surface area contributed by atoms with Crippen LogP contribution in [0.15, 0.2) is 29.4 Å². The normalized spacial score (nSPS) is 23.2. The minimum absolute atomic E-state index is 0.00516. The van der Waals surface area contributed by atoms with Crippen LogP contribution < -0.4 is 15.8 Å². The number of benzene rings is 1. The minimum atomic E-state index is -3.08. The maximum absolute atomic E-state index is 14.8. The lowest BCUT2D eigenvalue weighted by atomic mass is 9.76. The lowest BCUT2D eigenvalue weighted by Gasteiger charge is -2.41. The number of amides is 1. The topological polar surface area (TPSA) is 112 Å². The van der Waals surface area contributed by atoms with E-state index < -0.39 is 47.3 Å². The molecule has 1 aromatic heterocycles. The Hall–Kier alpha value is -3.37. The van der Waals surface area contributed by atoms with Gasteiger partial charge >= 0.3 is 0 Å². The van der Waals surface area contributed by atoms with Crippen LogP contribution in [0.5, 0.6) is 5.88 Å². The number of hydrogen-bond acceptors (Lipinski definition) is 7. The molecule has 0 radical (unpaired) electrons. The molecule has 1 unspecified atom stereocenters. The van der Waals surface area contributed by atoms with Crippen molar-refractivity contribution in [3.8, 4) is 5.88 Å². The number of methoxy groups -OCH3 is 1. The van der Waals surface area contributed by atoms with Crippen LogP contribution in [0, 0.1) is 18.7 Å². The molecule has 1 aliphatic rings. The van der Waals surface area contributed by atoms with Gasteiger partial charge < -0.3 is 20.5 Å². The van der Waals surface area contributed by atoms with Gasteiger partial charge in [-0.25, -0.2) is 28.1 Å². The van der Waals surface area contributed by atoms with Gasteiger partial charge in [0.1, 0.15) is 17.6 Å². The summed E-state index contributed by atoms with van der Waals surface area (Å²) >= 11 is 0. The van der Waals surface area contributed by atoms with Gasteiger partial charge in [-0.3, -0.25) is 4.79 Å². The third-order valence-corrected chi connectivity index (χ3v) is 5.34. The summed E-state index contributed by atoms with van der Waals surface area (Å²) in [5.74, 6) is -2.23. The largest absolute Gasteiger partial charge is 0.480 e. The van der Waals surface area contributed by atoms with Gasteiger partial charge in [-0.15, -0.1) is 0 Å². The van der Waals surface area contributed by atoms with E-state index in [1.54, 1.807) is 13.8 Å². The SMILES string of the molecule is COc1cnc(C(=O)Nc2ccc(F)c([C@]3(C(F)F)N=C(N)OC(C)[C@H]3C)c2)c(C)n1. The van der Waals surface area contributed by atoms with Crippen molar-refractivity contribution in [2.24, 2.45) is 16.6 Å². The van der Waals surface area contributed by atoms with Crippen molar-refractivity contribution >= 4 is 17.6 Å². The van der Waals surface area contributed by atoms with E-state index >= 15 is 0 Å². The molecule has 0 aliphatic carbocycles. The van der Waals surface area contributed by atoms with E-state index in [1.165, 1.54) is 26.3 Å². The number of aromatic nitrogens is 2. The van der Waals surface area contributed by atoms with Crippen molar-refractivity contribution in [2.45, 2.75) is 38.8 Å². The standard InChI is InChI=1S/C20H22F3N5O3/c1-9-11(3)31-19(24)28-20(9,18(22)23)13-7-12(5-6-14(13)21)27-17(29)16-10(2)26-15(30-4)8-25-16/h5-9,11,18H,1-4H3,(H2,24,28)(H,27,29)/t9-,11?,20-/m1/s1. The molecule has 11 heteroatoms. The molecule has 166 valence electrons. The molecular weight excluding hydrogens is 415 g/mol. The Balaban J connectivity index is 2.02. The number of halogens is 3. The fourth-order valence-corrected chi connectivity index (χ4v) is 3.51. The Kier molecular flexibility index (Phi) is 6.05. The van der Waals surface area contributed by atoms with Crippen molar-refractivity contribution in [1.82, 2.24) is 9.97 Å². The second kappa shape index (κ2) is 8.40. The van der Waals surface area contributed by atoms with Crippen molar-refractivity contribution in [1.29, 1.82) is 0 Å². The zero-order valence-corrected chi connectivity index (χ0v) is 17.3. The number of hydrogen-bond donors (Lipinski definition) is 2. The van der Waals surface area contributed by atoms with Crippen molar-refractivity contribution in [3.05, 3.63) is 47.2 Å². The Morgan fingerprint density at radius 3 is 2.68 bits per heavy atom. The molecule has 0 spiro atoms. The molecule has 8 nitrogen and oxygen atoms in total. The number of nitrogens with two attached hydrogens (primary N) is 1. The van der Waals surface area contributed by atoms with Crippen LogP contribution in [0.2, 0.25) is 0 Å². The number of nitrogens with zero attached hydrogens (tertiary/aromatic N) is 3. The molecule has 2 heterocycles. The zero-order chi connectivity index (χ0) is 22.9. The van der Waals surface area contributed by atoms with E-state index in [9.17, 15) is 18.0 Å². The summed E-state index contributed by atoms with van der Waals surface area (Å²) in [5, 5.41) is 2.53. The third kappa shape index (κ3) is 3.99. The van der Waals surface area contributed by atoms with E-state index in [2.05, 4.69) is 20.3 Å². The first-order chi connectivity index (χ1) is 14.6. The van der Waals surface area contributed by atoms with E-state index in [0.717, 1.165) is 12.1 Å². The van der Waals surface area contributed by atoms with Gasteiger partial charge in [0.2, 0.25) is 5.88 Å². The number of rotatable bonds is 5. The fraction of sp³-hybridized carbons (Fsp3) is 0.400. The Morgan fingerprint density at radius 2 is 2.06 bits per heavy atom. The van der Waals surface area contributed by atoms with Crippen molar-refractivity contribution in [3.63, 3.8) is 0 Å². The van der Waals surface area contributed by atoms with Crippen LogP contribution in [0.25, 0.3) is 0 Å². The molecule has 0 saturated heterocycles. The highest BCUT2D eigenvalue weighted by Gasteiger charge is 2.53. The maximum Gasteiger partial charge on any atom is 0.283 e. The number of amidine groups is 1. The number of carbonyl (C=O) groups excluding carboxylic acids is 1. The molecule has 1 aliphatic heterocycles. The fourth-order valence-electron chi connectivity index (χ4n) is 3.51.